The molecule has 0 radical (unpaired) electrons. The van der Waals surface area contributed by atoms with Gasteiger partial charge in [-0.1, -0.05) is 0 Å². The first-order chi connectivity index (χ1) is 13.7. The SMILES string of the molecule is CCOc1cc(OC)nc(NC(=S)NC(=O)c2cc([N+](=O)[O-])cc([N+](=O)[O-])c2)n1. The zero-order valence-corrected chi connectivity index (χ0v) is 15.9. The van der Waals surface area contributed by atoms with Gasteiger partial charge in [0.25, 0.3) is 17.3 Å². The van der Waals surface area contributed by atoms with Crippen molar-refractivity contribution in [2.24, 2.45) is 0 Å². The lowest BCUT2D eigenvalue weighted by atomic mass is 10.1. The summed E-state index contributed by atoms with van der Waals surface area (Å²) in [5, 5.41) is 26.4. The molecule has 0 atom stereocenters. The molecule has 1 aromatic carbocycles. The van der Waals surface area contributed by atoms with Crippen molar-refractivity contribution in [3.63, 3.8) is 0 Å². The zero-order chi connectivity index (χ0) is 21.6. The van der Waals surface area contributed by atoms with E-state index >= 15 is 0 Å². The lowest BCUT2D eigenvalue weighted by Gasteiger charge is -2.11. The molecule has 1 heterocycles. The summed E-state index contributed by atoms with van der Waals surface area (Å²) in [4.78, 5) is 40.5. The normalized spacial score (nSPS) is 10.0. The van der Waals surface area contributed by atoms with Crippen LogP contribution in [0.15, 0.2) is 24.3 Å². The Bertz CT molecular complexity index is 951. The molecule has 1 aromatic heterocycles. The second-order valence-electron chi connectivity index (χ2n) is 5.17. The number of rotatable bonds is 7. The van der Waals surface area contributed by atoms with E-state index in [1.54, 1.807) is 6.92 Å². The topological polar surface area (TPSA) is 172 Å². The fourth-order valence-electron chi connectivity index (χ4n) is 2.03. The average Bonchev–Trinajstić information content (AvgIpc) is 2.67. The highest BCUT2D eigenvalue weighted by atomic mass is 32.1. The molecule has 0 fully saturated rings. The van der Waals surface area contributed by atoms with E-state index in [4.69, 9.17) is 21.7 Å². The Kier molecular flexibility index (Phi) is 6.86. The number of amides is 1. The second kappa shape index (κ2) is 9.32. The number of nitrogens with zero attached hydrogens (tertiary/aromatic N) is 4. The van der Waals surface area contributed by atoms with E-state index in [2.05, 4.69) is 20.6 Å². The zero-order valence-electron chi connectivity index (χ0n) is 15.1. The van der Waals surface area contributed by atoms with Crippen LogP contribution < -0.4 is 20.1 Å². The first kappa shape index (κ1) is 21.4. The van der Waals surface area contributed by atoms with Crippen LogP contribution in [-0.4, -0.2) is 44.6 Å². The van der Waals surface area contributed by atoms with Crippen molar-refractivity contribution in [1.29, 1.82) is 0 Å². The molecule has 13 nitrogen and oxygen atoms in total. The van der Waals surface area contributed by atoms with Gasteiger partial charge in [-0.3, -0.25) is 30.3 Å². The van der Waals surface area contributed by atoms with Gasteiger partial charge >= 0.3 is 0 Å². The van der Waals surface area contributed by atoms with E-state index in [0.29, 0.717) is 6.61 Å². The monoisotopic (exact) mass is 422 g/mol. The van der Waals surface area contributed by atoms with Crippen LogP contribution in [0.25, 0.3) is 0 Å². The molecular formula is C15H14N6O7S. The number of nitro groups is 2. The van der Waals surface area contributed by atoms with E-state index in [0.717, 1.165) is 18.2 Å². The number of benzene rings is 1. The van der Waals surface area contributed by atoms with E-state index in [-0.39, 0.29) is 28.4 Å². The van der Waals surface area contributed by atoms with Gasteiger partial charge in [0.15, 0.2) is 5.11 Å². The molecule has 0 unspecified atom stereocenters. The van der Waals surface area contributed by atoms with Crippen molar-refractivity contribution in [3.8, 4) is 11.8 Å². The number of thiocarbonyl (C=S) groups is 1. The molecule has 0 aliphatic carbocycles. The minimum atomic E-state index is -0.901. The Hall–Kier alpha value is -3.94. The number of carbonyl (C=O) groups is 1. The Morgan fingerprint density at radius 2 is 1.69 bits per heavy atom. The fraction of sp³-hybridized carbons (Fsp3) is 0.200. The van der Waals surface area contributed by atoms with Gasteiger partial charge in [-0.05, 0) is 19.1 Å². The number of anilines is 1. The van der Waals surface area contributed by atoms with Crippen LogP contribution in [0.5, 0.6) is 11.8 Å². The molecule has 2 N–H and O–H groups in total. The molecule has 0 spiro atoms. The summed E-state index contributed by atoms with van der Waals surface area (Å²) in [6.07, 6.45) is 0. The lowest BCUT2D eigenvalue weighted by Crippen LogP contribution is -2.34. The molecule has 0 aliphatic rings. The number of hydrogen-bond acceptors (Lipinski definition) is 10. The number of aromatic nitrogens is 2. The molecule has 0 aliphatic heterocycles. The highest BCUT2D eigenvalue weighted by molar-refractivity contribution is 7.80. The van der Waals surface area contributed by atoms with Crippen LogP contribution in [0.3, 0.4) is 0 Å². The van der Waals surface area contributed by atoms with Gasteiger partial charge in [0, 0.05) is 12.1 Å². The summed E-state index contributed by atoms with van der Waals surface area (Å²) in [5.74, 6) is -0.565. The van der Waals surface area contributed by atoms with Crippen molar-refractivity contribution in [1.82, 2.24) is 15.3 Å². The van der Waals surface area contributed by atoms with Gasteiger partial charge in [-0.15, -0.1) is 0 Å². The minimum absolute atomic E-state index is 0.0388. The van der Waals surface area contributed by atoms with Crippen molar-refractivity contribution in [3.05, 3.63) is 50.1 Å². The maximum absolute atomic E-state index is 12.3. The standard InChI is InChI=1S/C15H14N6O7S/c1-3-28-12-7-11(27-2)16-14(17-12)19-15(29)18-13(22)8-4-9(20(23)24)6-10(5-8)21(25)26/h4-7H,3H2,1-2H3,(H2,16,17,18,19,22,29). The molecule has 0 bridgehead atoms. The summed E-state index contributed by atoms with van der Waals surface area (Å²) in [7, 11) is 1.39. The number of ether oxygens (including phenoxy) is 2. The molecular weight excluding hydrogens is 408 g/mol. The van der Waals surface area contributed by atoms with Crippen LogP contribution in [0.4, 0.5) is 17.3 Å². The van der Waals surface area contributed by atoms with E-state index in [9.17, 15) is 25.0 Å². The van der Waals surface area contributed by atoms with Crippen LogP contribution in [0.2, 0.25) is 0 Å². The van der Waals surface area contributed by atoms with Crippen molar-refractivity contribution in [2.75, 3.05) is 19.0 Å². The van der Waals surface area contributed by atoms with Crippen LogP contribution in [0.1, 0.15) is 17.3 Å². The first-order valence-electron chi connectivity index (χ1n) is 7.85. The predicted molar refractivity (Wildman–Crippen MR) is 103 cm³/mol. The lowest BCUT2D eigenvalue weighted by molar-refractivity contribution is -0.394. The van der Waals surface area contributed by atoms with Crippen LogP contribution in [0, 0.1) is 20.2 Å². The highest BCUT2D eigenvalue weighted by Crippen LogP contribution is 2.23. The minimum Gasteiger partial charge on any atom is -0.481 e. The van der Waals surface area contributed by atoms with Gasteiger partial charge in [-0.2, -0.15) is 9.97 Å². The van der Waals surface area contributed by atoms with E-state index in [1.807, 2.05) is 0 Å². The van der Waals surface area contributed by atoms with Gasteiger partial charge in [0.2, 0.25) is 17.7 Å². The van der Waals surface area contributed by atoms with Crippen LogP contribution in [-0.2, 0) is 0 Å². The Balaban J connectivity index is 2.19. The third-order valence-corrected chi connectivity index (χ3v) is 3.42. The fourth-order valence-corrected chi connectivity index (χ4v) is 2.22. The largest absolute Gasteiger partial charge is 0.481 e. The summed E-state index contributed by atoms with van der Waals surface area (Å²) >= 11 is 5.00. The number of hydrogen-bond donors (Lipinski definition) is 2. The molecule has 2 rings (SSSR count). The Labute approximate surface area is 168 Å². The van der Waals surface area contributed by atoms with Crippen LogP contribution >= 0.6 is 12.2 Å². The van der Waals surface area contributed by atoms with E-state index in [1.165, 1.54) is 13.2 Å². The second-order valence-corrected chi connectivity index (χ2v) is 5.57. The van der Waals surface area contributed by atoms with Crippen molar-refractivity contribution >= 4 is 40.6 Å². The molecule has 29 heavy (non-hydrogen) atoms. The molecule has 14 heteroatoms. The smallest absolute Gasteiger partial charge is 0.277 e. The summed E-state index contributed by atoms with van der Waals surface area (Å²) in [6, 6.07) is 3.96. The van der Waals surface area contributed by atoms with Crippen molar-refractivity contribution in [2.45, 2.75) is 6.92 Å². The van der Waals surface area contributed by atoms with Gasteiger partial charge in [0.05, 0.1) is 41.3 Å². The maximum Gasteiger partial charge on any atom is 0.277 e. The van der Waals surface area contributed by atoms with Gasteiger partial charge in [0.1, 0.15) is 0 Å². The quantitative estimate of drug-likeness (QED) is 0.379. The third-order valence-electron chi connectivity index (χ3n) is 3.22. The van der Waals surface area contributed by atoms with E-state index < -0.39 is 27.1 Å². The Morgan fingerprint density at radius 3 is 2.21 bits per heavy atom. The summed E-state index contributed by atoms with van der Waals surface area (Å²) in [5.41, 5.74) is -1.54. The van der Waals surface area contributed by atoms with Gasteiger partial charge < -0.3 is 14.8 Å². The first-order valence-corrected chi connectivity index (χ1v) is 8.26. The molecule has 0 saturated heterocycles. The number of non-ortho nitro benzene ring substituents is 2. The average molecular weight is 422 g/mol. The highest BCUT2D eigenvalue weighted by Gasteiger charge is 2.20. The Morgan fingerprint density at radius 1 is 1.10 bits per heavy atom. The summed E-state index contributed by atoms with van der Waals surface area (Å²) in [6.45, 7) is 2.09. The number of nitro benzene ring substituents is 2. The number of nitrogens with one attached hydrogen (secondary N) is 2. The maximum atomic E-state index is 12.3. The van der Waals surface area contributed by atoms with Crippen molar-refractivity contribution < 1.29 is 24.1 Å². The van der Waals surface area contributed by atoms with Gasteiger partial charge in [-0.25, -0.2) is 0 Å². The third kappa shape index (κ3) is 5.77. The predicted octanol–water partition coefficient (Wildman–Crippen LogP) is 1.83. The molecule has 0 saturated carbocycles. The molecule has 152 valence electrons. The summed E-state index contributed by atoms with van der Waals surface area (Å²) < 4.78 is 10.3. The molecule has 2 aromatic rings. The molecule has 1 amide bonds. The number of carbonyl (C=O) groups excluding carboxylic acids is 1. The number of methoxy groups -OCH3 is 1.